The zero-order chi connectivity index (χ0) is 73.1. The third kappa shape index (κ3) is 101. The van der Waals surface area contributed by atoms with Crippen molar-refractivity contribution in [3.63, 3.8) is 0 Å². The number of hydrogen-bond donors (Lipinski definition) is 2. The molecule has 0 aromatic carbocycles. The Labute approximate surface area is 574 Å². The SMILES string of the molecule is C#CC#CC#CC#CC#CC#CC#CC#CC#CC#CC#CC#CC#CC#CC#CC#CC#CC#CC#C.CC(C)(C)CC(C)(C)C.CC(C)(C)CCOCCC(C)(C)C.CC(C)(C)CNC(=O)CCC(=O)CC(C)(C)C.CC(C)(C)CNC(=O)CCC(=O)CC(C)(C)C. The molecule has 0 unspecified atom stereocenters. The fourth-order valence-electron chi connectivity index (χ4n) is 6.29. The Morgan fingerprint density at radius 3 is 0.596 bits per heavy atom. The van der Waals surface area contributed by atoms with Gasteiger partial charge in [-0.1, -0.05) is 166 Å². The molecule has 0 aliphatic rings. The average Bonchev–Trinajstić information content (AvgIpc) is 1.28. The number of amides is 2. The van der Waals surface area contributed by atoms with Gasteiger partial charge in [-0.2, -0.15) is 0 Å². The standard InChI is InChI=1S/C38H2.2C14H27NO2.C12H26O.C9H20/c1-3-5-7-9-11-13-15-17-19-21-23-25-27-29-31-33-35-37-38-36-34-32-30-28-26-24-22-20-18-16-14-12-10-8-6-4-2;2*1-13(2,3)9-11(16)7-8-12(17)15-10-14(4,5)6;1-11(2,3)7-9-13-10-8-12(4,5)6;1-8(2,3)7-9(4,5)6/h1-2H;2*7-10H2,1-6H3,(H,15,17);7-10H2,1-6H3;7H2,1-6H3. The van der Waals surface area contributed by atoms with E-state index >= 15 is 0 Å². The molecule has 0 saturated heterocycles. The molecule has 0 spiro atoms. The highest BCUT2D eigenvalue weighted by Crippen LogP contribution is 2.32. The summed E-state index contributed by atoms with van der Waals surface area (Å²) in [5.41, 5.74) is 1.98. The van der Waals surface area contributed by atoms with E-state index in [1.54, 1.807) is 0 Å². The quantitative estimate of drug-likeness (QED) is 0.133. The van der Waals surface area contributed by atoms with Gasteiger partial charge in [0.25, 0.3) is 0 Å². The van der Waals surface area contributed by atoms with E-state index in [2.05, 4.69) is 348 Å². The van der Waals surface area contributed by atoms with Crippen molar-refractivity contribution in [3.05, 3.63) is 0 Å². The first kappa shape index (κ1) is 92.6. The van der Waals surface area contributed by atoms with Crippen molar-refractivity contribution in [3.8, 4) is 226 Å². The van der Waals surface area contributed by atoms with Crippen LogP contribution in [0.15, 0.2) is 0 Å². The van der Waals surface area contributed by atoms with Gasteiger partial charge in [-0.05, 0) is 157 Å². The summed E-state index contributed by atoms with van der Waals surface area (Å²) in [6.07, 6.45) is 15.9. The van der Waals surface area contributed by atoms with E-state index in [1.165, 1.54) is 6.42 Å². The zero-order valence-electron chi connectivity index (χ0n) is 61.4. The third-order valence-electron chi connectivity index (χ3n) is 9.61. The first-order valence-corrected chi connectivity index (χ1v) is 30.9. The lowest BCUT2D eigenvalue weighted by Gasteiger charge is -2.28. The van der Waals surface area contributed by atoms with E-state index in [4.69, 9.17) is 17.6 Å². The Morgan fingerprint density at radius 1 is 0.266 bits per heavy atom. The Hall–Kier alpha value is -10.1. The Morgan fingerprint density at radius 2 is 0.457 bits per heavy atom. The van der Waals surface area contributed by atoms with E-state index in [9.17, 15) is 19.2 Å². The number of ketones is 2. The van der Waals surface area contributed by atoms with Crippen molar-refractivity contribution < 1.29 is 23.9 Å². The minimum atomic E-state index is -0.0258. The van der Waals surface area contributed by atoms with E-state index in [0.29, 0.717) is 73.3 Å². The minimum absolute atomic E-state index is 0.0129. The van der Waals surface area contributed by atoms with Crippen molar-refractivity contribution in [2.45, 2.75) is 224 Å². The molecule has 7 nitrogen and oxygen atoms in total. The van der Waals surface area contributed by atoms with Gasteiger partial charge in [-0.3, -0.25) is 19.2 Å². The molecule has 2 amide bonds. The molecule has 0 atom stereocenters. The molecular weight excluding hydrogens is 1150 g/mol. The van der Waals surface area contributed by atoms with Gasteiger partial charge >= 0.3 is 0 Å². The van der Waals surface area contributed by atoms with Crippen LogP contribution in [0.5, 0.6) is 0 Å². The second-order valence-electron chi connectivity index (χ2n) is 30.3. The Kier molecular flexibility index (Phi) is 52.7. The van der Waals surface area contributed by atoms with Crippen LogP contribution < -0.4 is 10.6 Å². The molecule has 0 bridgehead atoms. The molecular formula is C87H102N2O5. The lowest BCUT2D eigenvalue weighted by molar-refractivity contribution is -0.126. The van der Waals surface area contributed by atoms with Crippen LogP contribution in [0.3, 0.4) is 0 Å². The molecule has 0 saturated carbocycles. The lowest BCUT2D eigenvalue weighted by atomic mass is 9.78. The number of ether oxygens (including phenoxy) is 1. The summed E-state index contributed by atoms with van der Waals surface area (Å²) in [7, 11) is 0. The second-order valence-corrected chi connectivity index (χ2v) is 30.3. The van der Waals surface area contributed by atoms with E-state index in [0.717, 1.165) is 26.1 Å². The van der Waals surface area contributed by atoms with Crippen LogP contribution in [-0.4, -0.2) is 49.7 Å². The number of Topliss-reactive ketones (excluding diaryl/α,β-unsaturated/α-hetero) is 2. The molecule has 490 valence electrons. The van der Waals surface area contributed by atoms with E-state index in [1.807, 2.05) is 41.5 Å². The van der Waals surface area contributed by atoms with Gasteiger partial charge in [0.15, 0.2) is 0 Å². The van der Waals surface area contributed by atoms with Gasteiger partial charge in [-0.15, -0.1) is 12.8 Å². The van der Waals surface area contributed by atoms with Gasteiger partial charge in [-0.25, -0.2) is 0 Å². The predicted molar refractivity (Wildman–Crippen MR) is 394 cm³/mol. The van der Waals surface area contributed by atoms with Gasteiger partial charge in [0.2, 0.25) is 11.8 Å². The predicted octanol–water partition coefficient (Wildman–Crippen LogP) is 13.5. The third-order valence-corrected chi connectivity index (χ3v) is 9.61. The smallest absolute Gasteiger partial charge is 0.220 e. The highest BCUT2D eigenvalue weighted by atomic mass is 16.5. The van der Waals surface area contributed by atoms with Crippen LogP contribution in [0.2, 0.25) is 0 Å². The molecule has 2 N–H and O–H groups in total. The van der Waals surface area contributed by atoms with Crippen LogP contribution in [0, 0.1) is 269 Å². The minimum Gasteiger partial charge on any atom is -0.381 e. The number of terminal acetylenes is 2. The van der Waals surface area contributed by atoms with Gasteiger partial charge in [0, 0.05) is 183 Å². The fraction of sp³-hybridized carbons (Fsp3) is 0.517. The van der Waals surface area contributed by atoms with Crippen LogP contribution in [0.25, 0.3) is 0 Å². The summed E-state index contributed by atoms with van der Waals surface area (Å²) < 4.78 is 5.59. The molecule has 0 rings (SSSR count). The van der Waals surface area contributed by atoms with Crippen LogP contribution in [-0.2, 0) is 23.9 Å². The van der Waals surface area contributed by atoms with Crippen LogP contribution >= 0.6 is 0 Å². The maximum atomic E-state index is 11.6. The highest BCUT2D eigenvalue weighted by Gasteiger charge is 2.21. The second kappa shape index (κ2) is 53.5. The summed E-state index contributed by atoms with van der Waals surface area (Å²) in [6.45, 7) is 54.9. The lowest BCUT2D eigenvalue weighted by Crippen LogP contribution is -2.32. The topological polar surface area (TPSA) is 102 Å². The normalized spacial score (nSPS) is 9.21. The van der Waals surface area contributed by atoms with Crippen molar-refractivity contribution >= 4 is 23.4 Å². The molecule has 0 aliphatic heterocycles. The average molecular weight is 1260 g/mol. The summed E-state index contributed by atoms with van der Waals surface area (Å²) in [6, 6.07) is 0. The maximum Gasteiger partial charge on any atom is 0.220 e. The molecule has 0 radical (unpaired) electrons. The summed E-state index contributed by atoms with van der Waals surface area (Å²) in [5.74, 6) is 88.4. The number of rotatable bonds is 14. The van der Waals surface area contributed by atoms with Gasteiger partial charge in [0.05, 0.1) is 0 Å². The van der Waals surface area contributed by atoms with Gasteiger partial charge < -0.3 is 15.4 Å². The number of hydrogen-bond acceptors (Lipinski definition) is 5. The molecule has 0 aromatic rings. The summed E-state index contributed by atoms with van der Waals surface area (Å²) in [4.78, 5) is 46.2. The zero-order valence-corrected chi connectivity index (χ0v) is 61.4. The summed E-state index contributed by atoms with van der Waals surface area (Å²) in [5, 5.41) is 5.70. The molecule has 0 aliphatic carbocycles. The van der Waals surface area contributed by atoms with Crippen molar-refractivity contribution in [2.24, 2.45) is 43.3 Å². The van der Waals surface area contributed by atoms with Gasteiger partial charge in [0.1, 0.15) is 11.6 Å². The van der Waals surface area contributed by atoms with Crippen LogP contribution in [0.4, 0.5) is 0 Å². The number of carbonyl (C=O) groups excluding carboxylic acids is 4. The number of carbonyl (C=O) groups is 4. The molecule has 0 fully saturated rings. The van der Waals surface area contributed by atoms with Crippen molar-refractivity contribution in [1.29, 1.82) is 0 Å². The largest absolute Gasteiger partial charge is 0.381 e. The van der Waals surface area contributed by atoms with Crippen LogP contribution in [0.1, 0.15) is 224 Å². The molecule has 0 heterocycles. The molecule has 94 heavy (non-hydrogen) atoms. The first-order chi connectivity index (χ1) is 43.3. The highest BCUT2D eigenvalue weighted by molar-refractivity contribution is 5.86. The molecule has 7 heteroatoms. The maximum absolute atomic E-state index is 11.6. The summed E-state index contributed by atoms with van der Waals surface area (Å²) >= 11 is 0. The molecule has 0 aromatic heterocycles. The number of nitrogens with one attached hydrogen (secondary N) is 2. The first-order valence-electron chi connectivity index (χ1n) is 30.9. The van der Waals surface area contributed by atoms with E-state index in [-0.39, 0.29) is 45.0 Å². The van der Waals surface area contributed by atoms with Crippen molar-refractivity contribution in [1.82, 2.24) is 10.6 Å². The monoisotopic (exact) mass is 1250 g/mol. The Bertz CT molecular complexity index is 3480. The van der Waals surface area contributed by atoms with Crippen molar-refractivity contribution in [2.75, 3.05) is 26.3 Å². The Balaban J connectivity index is -0.000000391. The van der Waals surface area contributed by atoms with E-state index < -0.39 is 0 Å². The fourth-order valence-corrected chi connectivity index (χ4v) is 6.29.